The van der Waals surface area contributed by atoms with Crippen LogP contribution in [0.25, 0.3) is 0 Å². The molecule has 1 aromatic carbocycles. The summed E-state index contributed by atoms with van der Waals surface area (Å²) in [5.74, 6) is -2.52. The number of methoxy groups -OCH3 is 1. The van der Waals surface area contributed by atoms with Gasteiger partial charge in [-0.15, -0.1) is 0 Å². The largest absolute Gasteiger partial charge is 0.497 e. The van der Waals surface area contributed by atoms with E-state index in [9.17, 15) is 14.4 Å². The maximum atomic E-state index is 13.7. The molecule has 31 heavy (non-hydrogen) atoms. The Morgan fingerprint density at radius 2 is 1.87 bits per heavy atom. The van der Waals surface area contributed by atoms with Crippen molar-refractivity contribution in [3.8, 4) is 5.75 Å². The van der Waals surface area contributed by atoms with Crippen LogP contribution in [0.4, 0.5) is 0 Å². The van der Waals surface area contributed by atoms with Crippen molar-refractivity contribution >= 4 is 17.7 Å². The number of ketones is 1. The van der Waals surface area contributed by atoms with Gasteiger partial charge in [0.1, 0.15) is 11.7 Å². The Labute approximate surface area is 182 Å². The van der Waals surface area contributed by atoms with Gasteiger partial charge in [-0.2, -0.15) is 0 Å². The van der Waals surface area contributed by atoms with E-state index in [0.717, 1.165) is 11.3 Å². The minimum atomic E-state index is -0.907. The second-order valence-electron chi connectivity index (χ2n) is 7.76. The van der Waals surface area contributed by atoms with Crippen molar-refractivity contribution < 1.29 is 28.6 Å². The summed E-state index contributed by atoms with van der Waals surface area (Å²) in [6.45, 7) is 7.53. The SMILES string of the molecule is CCOC(=O)C1=C(C)NC2=C(C(=O)[C@H](C(=O)OCC)[C@H](C)C2)[C@H]1c1cccc(OC)c1. The molecule has 1 heterocycles. The highest BCUT2D eigenvalue weighted by Crippen LogP contribution is 2.45. The van der Waals surface area contributed by atoms with Crippen molar-refractivity contribution in [2.24, 2.45) is 11.8 Å². The van der Waals surface area contributed by atoms with E-state index in [-0.39, 0.29) is 24.9 Å². The highest BCUT2D eigenvalue weighted by atomic mass is 16.5. The lowest BCUT2D eigenvalue weighted by Crippen LogP contribution is -2.43. The van der Waals surface area contributed by atoms with E-state index in [1.165, 1.54) is 0 Å². The van der Waals surface area contributed by atoms with E-state index in [1.54, 1.807) is 40.0 Å². The molecule has 0 fully saturated rings. The number of esters is 2. The molecule has 1 aliphatic carbocycles. The summed E-state index contributed by atoms with van der Waals surface area (Å²) in [4.78, 5) is 39.2. The van der Waals surface area contributed by atoms with Crippen LogP contribution in [0.1, 0.15) is 45.6 Å². The molecule has 0 spiro atoms. The van der Waals surface area contributed by atoms with E-state index in [1.807, 2.05) is 19.1 Å². The third kappa shape index (κ3) is 4.22. The number of carbonyl (C=O) groups is 3. The van der Waals surface area contributed by atoms with Gasteiger partial charge in [0.15, 0.2) is 5.78 Å². The quantitative estimate of drug-likeness (QED) is 0.550. The second-order valence-corrected chi connectivity index (χ2v) is 7.76. The molecular weight excluding hydrogens is 398 g/mol. The van der Waals surface area contributed by atoms with Crippen molar-refractivity contribution in [2.45, 2.75) is 40.0 Å². The summed E-state index contributed by atoms with van der Waals surface area (Å²) < 4.78 is 15.9. The fraction of sp³-hybridized carbons (Fsp3) is 0.458. The van der Waals surface area contributed by atoms with Crippen LogP contribution >= 0.6 is 0 Å². The zero-order chi connectivity index (χ0) is 22.7. The molecule has 1 N–H and O–H groups in total. The molecule has 166 valence electrons. The van der Waals surface area contributed by atoms with Gasteiger partial charge in [-0.25, -0.2) is 4.79 Å². The predicted molar refractivity (Wildman–Crippen MR) is 114 cm³/mol. The number of hydrogen-bond acceptors (Lipinski definition) is 7. The van der Waals surface area contributed by atoms with Gasteiger partial charge in [-0.1, -0.05) is 19.1 Å². The maximum absolute atomic E-state index is 13.7. The minimum absolute atomic E-state index is 0.200. The summed E-state index contributed by atoms with van der Waals surface area (Å²) in [5, 5.41) is 3.24. The van der Waals surface area contributed by atoms with Gasteiger partial charge in [-0.05, 0) is 50.8 Å². The molecule has 3 atom stereocenters. The van der Waals surface area contributed by atoms with Gasteiger partial charge in [-0.3, -0.25) is 9.59 Å². The number of hydrogen-bond donors (Lipinski definition) is 1. The second kappa shape index (κ2) is 9.37. The fourth-order valence-corrected chi connectivity index (χ4v) is 4.42. The van der Waals surface area contributed by atoms with E-state index < -0.39 is 23.8 Å². The molecule has 0 amide bonds. The lowest BCUT2D eigenvalue weighted by Gasteiger charge is -2.38. The predicted octanol–water partition coefficient (Wildman–Crippen LogP) is 3.26. The van der Waals surface area contributed by atoms with Gasteiger partial charge in [0.25, 0.3) is 0 Å². The maximum Gasteiger partial charge on any atom is 0.336 e. The molecule has 2 aliphatic rings. The summed E-state index contributed by atoms with van der Waals surface area (Å²) in [6.07, 6.45) is 0.498. The first-order valence-electron chi connectivity index (χ1n) is 10.6. The Morgan fingerprint density at radius 1 is 1.16 bits per heavy atom. The van der Waals surface area contributed by atoms with Gasteiger partial charge >= 0.3 is 11.9 Å². The zero-order valence-electron chi connectivity index (χ0n) is 18.6. The van der Waals surface area contributed by atoms with Crippen molar-refractivity contribution in [3.63, 3.8) is 0 Å². The van der Waals surface area contributed by atoms with Crippen LogP contribution in [0.5, 0.6) is 5.75 Å². The molecule has 3 rings (SSSR count). The van der Waals surface area contributed by atoms with Crippen molar-refractivity contribution in [2.75, 3.05) is 20.3 Å². The molecule has 0 aromatic heterocycles. The van der Waals surface area contributed by atoms with Crippen LogP contribution in [0, 0.1) is 11.8 Å². The number of Topliss-reactive ketones (excluding diaryl/α,β-unsaturated/α-hetero) is 1. The Hall–Kier alpha value is -3.09. The number of ether oxygens (including phenoxy) is 3. The van der Waals surface area contributed by atoms with E-state index >= 15 is 0 Å². The van der Waals surface area contributed by atoms with Gasteiger partial charge in [0.05, 0.1) is 25.9 Å². The number of dihydropyridines is 1. The summed E-state index contributed by atoms with van der Waals surface area (Å²) in [7, 11) is 1.56. The monoisotopic (exact) mass is 427 g/mol. The van der Waals surface area contributed by atoms with E-state index in [0.29, 0.717) is 29.0 Å². The van der Waals surface area contributed by atoms with E-state index in [4.69, 9.17) is 14.2 Å². The molecule has 0 saturated heterocycles. The number of rotatable bonds is 6. The van der Waals surface area contributed by atoms with Crippen molar-refractivity contribution in [1.29, 1.82) is 0 Å². The van der Waals surface area contributed by atoms with Crippen LogP contribution in [0.15, 0.2) is 46.8 Å². The molecule has 0 unspecified atom stereocenters. The van der Waals surface area contributed by atoms with Gasteiger partial charge < -0.3 is 19.5 Å². The lowest BCUT2D eigenvalue weighted by atomic mass is 9.69. The van der Waals surface area contributed by atoms with E-state index in [2.05, 4.69) is 5.32 Å². The van der Waals surface area contributed by atoms with Gasteiger partial charge in [0.2, 0.25) is 0 Å². The summed E-state index contributed by atoms with van der Waals surface area (Å²) in [5.41, 5.74) is 2.87. The number of benzene rings is 1. The molecule has 1 aliphatic heterocycles. The topological polar surface area (TPSA) is 90.9 Å². The normalized spacial score (nSPS) is 23.1. The van der Waals surface area contributed by atoms with Gasteiger partial charge in [0, 0.05) is 22.9 Å². The smallest absolute Gasteiger partial charge is 0.336 e. The summed E-state index contributed by atoms with van der Waals surface area (Å²) >= 11 is 0. The number of allylic oxidation sites excluding steroid dienone is 3. The third-order valence-corrected chi connectivity index (χ3v) is 5.75. The fourth-order valence-electron chi connectivity index (χ4n) is 4.42. The zero-order valence-corrected chi connectivity index (χ0v) is 18.6. The number of carbonyl (C=O) groups excluding carboxylic acids is 3. The minimum Gasteiger partial charge on any atom is -0.497 e. The average molecular weight is 427 g/mol. The molecular formula is C24H29NO6. The Bertz CT molecular complexity index is 961. The number of nitrogens with one attached hydrogen (secondary N) is 1. The molecule has 0 saturated carbocycles. The molecule has 0 bridgehead atoms. The first kappa shape index (κ1) is 22.6. The van der Waals surface area contributed by atoms with Crippen molar-refractivity contribution in [1.82, 2.24) is 5.32 Å². The molecule has 0 radical (unpaired) electrons. The summed E-state index contributed by atoms with van der Waals surface area (Å²) in [6, 6.07) is 7.26. The Balaban J connectivity index is 2.17. The first-order chi connectivity index (χ1) is 14.8. The van der Waals surface area contributed by atoms with Crippen LogP contribution in [-0.2, 0) is 23.9 Å². The molecule has 1 aromatic rings. The van der Waals surface area contributed by atoms with Crippen LogP contribution in [0.2, 0.25) is 0 Å². The van der Waals surface area contributed by atoms with Crippen LogP contribution in [0.3, 0.4) is 0 Å². The van der Waals surface area contributed by atoms with Crippen molar-refractivity contribution in [3.05, 3.63) is 52.4 Å². The Morgan fingerprint density at radius 3 is 2.52 bits per heavy atom. The average Bonchev–Trinajstić information content (AvgIpc) is 2.73. The highest BCUT2D eigenvalue weighted by Gasteiger charge is 2.47. The molecule has 7 nitrogen and oxygen atoms in total. The highest BCUT2D eigenvalue weighted by molar-refractivity contribution is 6.12. The standard InChI is InChI=1S/C24H29NO6/c1-6-30-23(27)18-13(3)11-17-21(22(18)26)20(15-9-8-10-16(12-15)29-5)19(14(4)25-17)24(28)31-7-2/h8-10,12-13,18,20,25H,6-7,11H2,1-5H3/t13-,18-,20+/m1/s1. The first-order valence-corrected chi connectivity index (χ1v) is 10.6. The van der Waals surface area contributed by atoms with Crippen LogP contribution in [-0.4, -0.2) is 38.0 Å². The van der Waals surface area contributed by atoms with Crippen LogP contribution < -0.4 is 10.1 Å². The molecule has 7 heteroatoms. The lowest BCUT2D eigenvalue weighted by molar-refractivity contribution is -0.153. The third-order valence-electron chi connectivity index (χ3n) is 5.75. The Kier molecular flexibility index (Phi) is 6.83.